The van der Waals surface area contributed by atoms with Crippen LogP contribution in [0.25, 0.3) is 0 Å². The minimum absolute atomic E-state index is 0.0149. The van der Waals surface area contributed by atoms with Crippen molar-refractivity contribution in [1.82, 2.24) is 10.6 Å². The number of aliphatic hydroxyl groups is 1. The molecule has 20 heavy (non-hydrogen) atoms. The van der Waals surface area contributed by atoms with Crippen LogP contribution in [0.4, 0.5) is 0 Å². The Morgan fingerprint density at radius 3 is 2.45 bits per heavy atom. The number of aryl methyl sites for hydroxylation is 1. The van der Waals surface area contributed by atoms with E-state index in [1.165, 1.54) is 5.56 Å². The first-order valence-electron chi connectivity index (χ1n) is 6.84. The highest BCUT2D eigenvalue weighted by atomic mass is 16.3. The Balaban J connectivity index is 2.15. The van der Waals surface area contributed by atoms with Gasteiger partial charge in [-0.1, -0.05) is 37.3 Å². The molecule has 0 spiro atoms. The lowest BCUT2D eigenvalue weighted by molar-refractivity contribution is -0.139. The number of carbonyl (C=O) groups is 2. The van der Waals surface area contributed by atoms with E-state index in [2.05, 4.69) is 10.6 Å². The van der Waals surface area contributed by atoms with Gasteiger partial charge in [0.15, 0.2) is 0 Å². The number of rotatable bonds is 7. The molecule has 0 heterocycles. The maximum absolute atomic E-state index is 11.5. The summed E-state index contributed by atoms with van der Waals surface area (Å²) in [6, 6.07) is 9.98. The number of nitrogens with one attached hydrogen (secondary N) is 2. The molecule has 0 fully saturated rings. The molecule has 0 aliphatic heterocycles. The summed E-state index contributed by atoms with van der Waals surface area (Å²) in [6.45, 7) is 2.54. The average molecular weight is 278 g/mol. The van der Waals surface area contributed by atoms with Crippen molar-refractivity contribution >= 4 is 11.8 Å². The molecule has 5 heteroatoms. The Kier molecular flexibility index (Phi) is 7.35. The molecule has 0 radical (unpaired) electrons. The van der Waals surface area contributed by atoms with Gasteiger partial charge >= 0.3 is 11.8 Å². The van der Waals surface area contributed by atoms with Gasteiger partial charge in [-0.05, 0) is 24.3 Å². The lowest BCUT2D eigenvalue weighted by Crippen LogP contribution is -2.42. The Labute approximate surface area is 119 Å². The van der Waals surface area contributed by atoms with E-state index >= 15 is 0 Å². The van der Waals surface area contributed by atoms with Crippen molar-refractivity contribution in [1.29, 1.82) is 0 Å². The van der Waals surface area contributed by atoms with Crippen molar-refractivity contribution < 1.29 is 14.7 Å². The van der Waals surface area contributed by atoms with Gasteiger partial charge in [0, 0.05) is 19.7 Å². The molecule has 5 nitrogen and oxygen atoms in total. The molecule has 0 saturated heterocycles. The molecule has 0 aromatic heterocycles. The number of carbonyl (C=O) groups excluding carboxylic acids is 2. The van der Waals surface area contributed by atoms with E-state index in [9.17, 15) is 9.59 Å². The third-order valence-electron chi connectivity index (χ3n) is 2.90. The van der Waals surface area contributed by atoms with Gasteiger partial charge in [-0.3, -0.25) is 9.59 Å². The topological polar surface area (TPSA) is 78.4 Å². The van der Waals surface area contributed by atoms with Gasteiger partial charge < -0.3 is 15.7 Å². The fraction of sp³-hybridized carbons (Fsp3) is 0.467. The molecule has 1 rings (SSSR count). The van der Waals surface area contributed by atoms with Crippen molar-refractivity contribution in [3.63, 3.8) is 0 Å². The van der Waals surface area contributed by atoms with Crippen molar-refractivity contribution in [3.05, 3.63) is 35.9 Å². The first kappa shape index (κ1) is 16.2. The highest BCUT2D eigenvalue weighted by Gasteiger charge is 2.13. The van der Waals surface area contributed by atoms with Gasteiger partial charge in [-0.25, -0.2) is 0 Å². The average Bonchev–Trinajstić information content (AvgIpc) is 2.49. The van der Waals surface area contributed by atoms with E-state index in [0.29, 0.717) is 13.1 Å². The van der Waals surface area contributed by atoms with Crippen molar-refractivity contribution in [3.8, 4) is 0 Å². The zero-order valence-electron chi connectivity index (χ0n) is 11.8. The molecule has 1 atom stereocenters. The van der Waals surface area contributed by atoms with Gasteiger partial charge in [0.25, 0.3) is 0 Å². The fourth-order valence-electron chi connectivity index (χ4n) is 1.63. The molecule has 2 amide bonds. The number of aliphatic hydroxyl groups excluding tert-OH is 1. The van der Waals surface area contributed by atoms with Crippen LogP contribution in [0, 0.1) is 5.92 Å². The van der Waals surface area contributed by atoms with Crippen molar-refractivity contribution in [2.75, 3.05) is 19.7 Å². The van der Waals surface area contributed by atoms with Crippen LogP contribution in [0.2, 0.25) is 0 Å². The standard InChI is InChI=1S/C15H22N2O3/c1-12(11-18)10-17-15(20)14(19)16-9-5-8-13-6-3-2-4-7-13/h2-4,6-7,12,18H,5,8-11H2,1H3,(H,16,19)(H,17,20). The monoisotopic (exact) mass is 278 g/mol. The highest BCUT2D eigenvalue weighted by Crippen LogP contribution is 2.01. The molecule has 0 aliphatic carbocycles. The normalized spacial score (nSPS) is 11.7. The van der Waals surface area contributed by atoms with E-state index in [1.54, 1.807) is 6.92 Å². The summed E-state index contributed by atoms with van der Waals surface area (Å²) in [6.07, 6.45) is 1.65. The lowest BCUT2D eigenvalue weighted by atomic mass is 10.1. The summed E-state index contributed by atoms with van der Waals surface area (Å²) < 4.78 is 0. The van der Waals surface area contributed by atoms with Crippen LogP contribution in [0.15, 0.2) is 30.3 Å². The first-order chi connectivity index (χ1) is 9.63. The Morgan fingerprint density at radius 1 is 1.15 bits per heavy atom. The molecule has 1 aromatic rings. The zero-order valence-corrected chi connectivity index (χ0v) is 11.8. The first-order valence-corrected chi connectivity index (χ1v) is 6.84. The minimum atomic E-state index is -0.648. The van der Waals surface area contributed by atoms with E-state index in [4.69, 9.17) is 5.11 Å². The molecule has 110 valence electrons. The Hall–Kier alpha value is -1.88. The summed E-state index contributed by atoms with van der Waals surface area (Å²) in [4.78, 5) is 22.9. The zero-order chi connectivity index (χ0) is 14.8. The van der Waals surface area contributed by atoms with Crippen LogP contribution < -0.4 is 10.6 Å². The predicted octanol–water partition coefficient (Wildman–Crippen LogP) is 0.480. The van der Waals surface area contributed by atoms with E-state index < -0.39 is 11.8 Å². The summed E-state index contributed by atoms with van der Waals surface area (Å²) >= 11 is 0. The van der Waals surface area contributed by atoms with Gasteiger partial charge in [0.1, 0.15) is 0 Å². The third-order valence-corrected chi connectivity index (χ3v) is 2.90. The highest BCUT2D eigenvalue weighted by molar-refractivity contribution is 6.35. The summed E-state index contributed by atoms with van der Waals surface area (Å²) in [7, 11) is 0. The number of hydrogen-bond acceptors (Lipinski definition) is 3. The molecule has 0 aliphatic rings. The number of amides is 2. The molecule has 1 unspecified atom stereocenters. The molecular formula is C15H22N2O3. The minimum Gasteiger partial charge on any atom is -0.396 e. The van der Waals surface area contributed by atoms with Crippen LogP contribution in [0.3, 0.4) is 0 Å². The van der Waals surface area contributed by atoms with Crippen molar-refractivity contribution in [2.45, 2.75) is 19.8 Å². The maximum atomic E-state index is 11.5. The van der Waals surface area contributed by atoms with E-state index in [0.717, 1.165) is 12.8 Å². The lowest BCUT2D eigenvalue weighted by Gasteiger charge is -2.09. The van der Waals surface area contributed by atoms with Gasteiger partial charge in [0.05, 0.1) is 0 Å². The smallest absolute Gasteiger partial charge is 0.309 e. The number of hydrogen-bond donors (Lipinski definition) is 3. The predicted molar refractivity (Wildman–Crippen MR) is 77.0 cm³/mol. The molecule has 1 aromatic carbocycles. The molecule has 3 N–H and O–H groups in total. The second kappa shape index (κ2) is 9.09. The maximum Gasteiger partial charge on any atom is 0.309 e. The van der Waals surface area contributed by atoms with Crippen LogP contribution in [-0.2, 0) is 16.0 Å². The number of benzene rings is 1. The second-order valence-corrected chi connectivity index (χ2v) is 4.84. The molecule has 0 bridgehead atoms. The van der Waals surface area contributed by atoms with Crippen molar-refractivity contribution in [2.24, 2.45) is 5.92 Å². The third kappa shape index (κ3) is 6.33. The quantitative estimate of drug-likeness (QED) is 0.501. The van der Waals surface area contributed by atoms with Gasteiger partial charge in [-0.15, -0.1) is 0 Å². The Morgan fingerprint density at radius 2 is 1.80 bits per heavy atom. The van der Waals surface area contributed by atoms with Crippen LogP contribution in [-0.4, -0.2) is 36.6 Å². The molecular weight excluding hydrogens is 256 g/mol. The molecule has 0 saturated carbocycles. The largest absolute Gasteiger partial charge is 0.396 e. The fourth-order valence-corrected chi connectivity index (χ4v) is 1.63. The van der Waals surface area contributed by atoms with E-state index in [-0.39, 0.29) is 12.5 Å². The summed E-state index contributed by atoms with van der Waals surface area (Å²) in [5, 5.41) is 13.9. The van der Waals surface area contributed by atoms with Gasteiger partial charge in [-0.2, -0.15) is 0 Å². The van der Waals surface area contributed by atoms with Crippen LogP contribution in [0.5, 0.6) is 0 Å². The second-order valence-electron chi connectivity index (χ2n) is 4.84. The Bertz CT molecular complexity index is 420. The summed E-state index contributed by atoms with van der Waals surface area (Å²) in [5.74, 6) is -1.32. The SMILES string of the molecule is CC(CO)CNC(=O)C(=O)NCCCc1ccccc1. The van der Waals surface area contributed by atoms with Crippen LogP contribution >= 0.6 is 0 Å². The summed E-state index contributed by atoms with van der Waals surface area (Å²) in [5.41, 5.74) is 1.21. The van der Waals surface area contributed by atoms with Crippen LogP contribution in [0.1, 0.15) is 18.9 Å². The van der Waals surface area contributed by atoms with Gasteiger partial charge in [0.2, 0.25) is 0 Å². The van der Waals surface area contributed by atoms with E-state index in [1.807, 2.05) is 30.3 Å².